The molecule has 0 unspecified atom stereocenters. The molecule has 156 valence electrons. The number of hydrogen-bond acceptors (Lipinski definition) is 5. The van der Waals surface area contributed by atoms with Crippen LogP contribution in [0, 0.1) is 17.0 Å². The van der Waals surface area contributed by atoms with Crippen LogP contribution < -0.4 is 5.32 Å². The number of benzene rings is 3. The van der Waals surface area contributed by atoms with Crippen molar-refractivity contribution in [3.05, 3.63) is 112 Å². The van der Waals surface area contributed by atoms with Crippen molar-refractivity contribution in [3.8, 4) is 0 Å². The third-order valence-electron chi connectivity index (χ3n) is 4.39. The van der Waals surface area contributed by atoms with Gasteiger partial charge in [0.25, 0.3) is 11.6 Å². The third kappa shape index (κ3) is 5.86. The number of nitrogens with one attached hydrogen (secondary N) is 1. The van der Waals surface area contributed by atoms with E-state index in [1.807, 2.05) is 30.3 Å². The van der Waals surface area contributed by atoms with Crippen molar-refractivity contribution in [3.63, 3.8) is 0 Å². The van der Waals surface area contributed by atoms with Gasteiger partial charge in [-0.1, -0.05) is 66.7 Å². The zero-order chi connectivity index (χ0) is 22.2. The molecule has 1 atom stereocenters. The highest BCUT2D eigenvalue weighted by Gasteiger charge is 2.26. The minimum Gasteiger partial charge on any atom is -0.444 e. The van der Waals surface area contributed by atoms with Crippen LogP contribution in [0.5, 0.6) is 0 Å². The molecule has 31 heavy (non-hydrogen) atoms. The molecule has 0 aromatic heterocycles. The molecule has 0 aliphatic rings. The van der Waals surface area contributed by atoms with Crippen LogP contribution in [0.15, 0.2) is 84.9 Å². The highest BCUT2D eigenvalue weighted by molar-refractivity contribution is 5.99. The Hall–Kier alpha value is -4.26. The van der Waals surface area contributed by atoms with Gasteiger partial charge in [0.05, 0.1) is 4.92 Å². The molecular formula is C24H20N2O5. The Kier molecular flexibility index (Phi) is 6.90. The number of carbonyl (C=O) groups is 2. The molecule has 1 amide bonds. The molecule has 3 aromatic rings. The molecule has 0 spiro atoms. The van der Waals surface area contributed by atoms with Crippen LogP contribution >= 0.6 is 0 Å². The average Bonchev–Trinajstić information content (AvgIpc) is 2.78. The Labute approximate surface area is 179 Å². The lowest BCUT2D eigenvalue weighted by Crippen LogP contribution is -2.25. The van der Waals surface area contributed by atoms with Crippen molar-refractivity contribution in [1.29, 1.82) is 0 Å². The Balaban J connectivity index is 1.83. The number of hydrogen-bond donors (Lipinski definition) is 1. The van der Waals surface area contributed by atoms with Crippen LogP contribution in [0.3, 0.4) is 0 Å². The molecule has 3 rings (SSSR count). The minimum absolute atomic E-state index is 0.0254. The van der Waals surface area contributed by atoms with E-state index in [9.17, 15) is 19.7 Å². The Morgan fingerprint density at radius 3 is 2.29 bits per heavy atom. The smallest absolute Gasteiger partial charge is 0.331 e. The molecule has 0 saturated carbocycles. The summed E-state index contributed by atoms with van der Waals surface area (Å²) >= 11 is 0. The van der Waals surface area contributed by atoms with Crippen molar-refractivity contribution >= 4 is 29.3 Å². The number of anilines is 1. The summed E-state index contributed by atoms with van der Waals surface area (Å²) in [6.07, 6.45) is 1.52. The van der Waals surface area contributed by atoms with Crippen LogP contribution in [0.25, 0.3) is 6.08 Å². The lowest BCUT2D eigenvalue weighted by atomic mass is 10.1. The number of ether oxygens (including phenoxy) is 1. The van der Waals surface area contributed by atoms with Gasteiger partial charge in [0.2, 0.25) is 6.10 Å². The lowest BCUT2D eigenvalue weighted by Gasteiger charge is -2.17. The maximum Gasteiger partial charge on any atom is 0.331 e. The first-order valence-corrected chi connectivity index (χ1v) is 9.48. The van der Waals surface area contributed by atoms with Crippen molar-refractivity contribution in [2.75, 3.05) is 5.32 Å². The van der Waals surface area contributed by atoms with Crippen molar-refractivity contribution in [2.24, 2.45) is 0 Å². The quantitative estimate of drug-likeness (QED) is 0.257. The largest absolute Gasteiger partial charge is 0.444 e. The molecule has 0 saturated heterocycles. The van der Waals surface area contributed by atoms with E-state index in [4.69, 9.17) is 4.74 Å². The van der Waals surface area contributed by atoms with E-state index in [2.05, 4.69) is 5.32 Å². The molecular weight excluding hydrogens is 396 g/mol. The molecule has 7 nitrogen and oxygen atoms in total. The monoisotopic (exact) mass is 416 g/mol. The number of nitro groups is 1. The number of rotatable bonds is 7. The third-order valence-corrected chi connectivity index (χ3v) is 4.39. The number of esters is 1. The van der Waals surface area contributed by atoms with Crippen LogP contribution in [0.2, 0.25) is 0 Å². The highest BCUT2D eigenvalue weighted by atomic mass is 16.6. The summed E-state index contributed by atoms with van der Waals surface area (Å²) < 4.78 is 5.41. The fraction of sp³-hybridized carbons (Fsp3) is 0.0833. The summed E-state index contributed by atoms with van der Waals surface area (Å²) in [5.74, 6) is -1.41. The number of nitrogens with zero attached hydrogens (tertiary/aromatic N) is 1. The van der Waals surface area contributed by atoms with E-state index in [0.717, 1.165) is 5.56 Å². The van der Waals surface area contributed by atoms with Gasteiger partial charge < -0.3 is 10.1 Å². The van der Waals surface area contributed by atoms with Gasteiger partial charge in [0.15, 0.2) is 0 Å². The Bertz CT molecular complexity index is 1110. The van der Waals surface area contributed by atoms with E-state index in [1.54, 1.807) is 49.4 Å². The molecule has 0 fully saturated rings. The maximum atomic E-state index is 12.9. The minimum atomic E-state index is -1.28. The molecule has 7 heteroatoms. The molecule has 0 bridgehead atoms. The summed E-state index contributed by atoms with van der Waals surface area (Å²) in [5, 5.41) is 13.9. The van der Waals surface area contributed by atoms with Gasteiger partial charge in [-0.2, -0.15) is 0 Å². The first kappa shape index (κ1) is 21.4. The molecule has 0 aliphatic heterocycles. The van der Waals surface area contributed by atoms with Gasteiger partial charge in [-0.05, 0) is 30.2 Å². The second-order valence-corrected chi connectivity index (χ2v) is 6.74. The fourth-order valence-electron chi connectivity index (χ4n) is 2.88. The molecule has 3 aromatic carbocycles. The van der Waals surface area contributed by atoms with Gasteiger partial charge in [-0.3, -0.25) is 14.9 Å². The Morgan fingerprint density at radius 1 is 1.00 bits per heavy atom. The number of aryl methyl sites for hydroxylation is 1. The molecule has 0 aliphatic carbocycles. The van der Waals surface area contributed by atoms with Crippen LogP contribution in [0.1, 0.15) is 22.8 Å². The SMILES string of the molecule is Cc1ccc(NC(=O)[C@@H](OC(=O)/C=C/c2ccccc2)c2ccccc2)c([N+](=O)[O-])c1. The van der Waals surface area contributed by atoms with Gasteiger partial charge in [0.1, 0.15) is 5.69 Å². The average molecular weight is 416 g/mol. The first-order chi connectivity index (χ1) is 14.9. The van der Waals surface area contributed by atoms with Crippen LogP contribution in [0.4, 0.5) is 11.4 Å². The fourth-order valence-corrected chi connectivity index (χ4v) is 2.88. The van der Waals surface area contributed by atoms with Gasteiger partial charge in [-0.25, -0.2) is 4.79 Å². The highest BCUT2D eigenvalue weighted by Crippen LogP contribution is 2.27. The van der Waals surface area contributed by atoms with E-state index in [0.29, 0.717) is 11.1 Å². The topological polar surface area (TPSA) is 98.5 Å². The predicted octanol–water partition coefficient (Wildman–Crippen LogP) is 4.84. The Morgan fingerprint density at radius 2 is 1.65 bits per heavy atom. The molecule has 1 N–H and O–H groups in total. The number of amides is 1. The van der Waals surface area contributed by atoms with E-state index < -0.39 is 22.9 Å². The van der Waals surface area contributed by atoms with E-state index >= 15 is 0 Å². The number of carbonyl (C=O) groups excluding carboxylic acids is 2. The lowest BCUT2D eigenvalue weighted by molar-refractivity contribution is -0.384. The van der Waals surface area contributed by atoms with Gasteiger partial charge in [0, 0.05) is 17.7 Å². The summed E-state index contributed by atoms with van der Waals surface area (Å²) in [7, 11) is 0. The van der Waals surface area contributed by atoms with E-state index in [1.165, 1.54) is 18.2 Å². The maximum absolute atomic E-state index is 12.9. The summed E-state index contributed by atoms with van der Waals surface area (Å²) in [4.78, 5) is 36.1. The van der Waals surface area contributed by atoms with E-state index in [-0.39, 0.29) is 11.4 Å². The van der Waals surface area contributed by atoms with Crippen molar-refractivity contribution in [1.82, 2.24) is 0 Å². The van der Waals surface area contributed by atoms with Crippen LogP contribution in [-0.4, -0.2) is 16.8 Å². The predicted molar refractivity (Wildman–Crippen MR) is 117 cm³/mol. The van der Waals surface area contributed by atoms with Gasteiger partial charge >= 0.3 is 5.97 Å². The summed E-state index contributed by atoms with van der Waals surface area (Å²) in [6.45, 7) is 1.71. The molecule has 0 radical (unpaired) electrons. The normalized spacial score (nSPS) is 11.6. The second kappa shape index (κ2) is 9.98. The first-order valence-electron chi connectivity index (χ1n) is 9.48. The van der Waals surface area contributed by atoms with Crippen molar-refractivity contribution < 1.29 is 19.2 Å². The second-order valence-electron chi connectivity index (χ2n) is 6.74. The zero-order valence-electron chi connectivity index (χ0n) is 16.7. The van der Waals surface area contributed by atoms with Crippen LogP contribution in [-0.2, 0) is 14.3 Å². The van der Waals surface area contributed by atoms with Gasteiger partial charge in [-0.15, -0.1) is 0 Å². The van der Waals surface area contributed by atoms with Crippen molar-refractivity contribution in [2.45, 2.75) is 13.0 Å². The summed E-state index contributed by atoms with van der Waals surface area (Å²) in [5.41, 5.74) is 1.71. The summed E-state index contributed by atoms with van der Waals surface area (Å²) in [6, 6.07) is 22.1. The zero-order valence-corrected chi connectivity index (χ0v) is 16.7. The number of nitro benzene ring substituents is 1. The standard InChI is InChI=1S/C24H20N2O5/c1-17-12-14-20(21(16-17)26(29)30)25-24(28)23(19-10-6-3-7-11-19)31-22(27)15-13-18-8-4-2-5-9-18/h2-16,23H,1H3,(H,25,28)/b15-13+/t23-/m0/s1. The molecule has 0 heterocycles.